The van der Waals surface area contributed by atoms with Gasteiger partial charge in [-0.25, -0.2) is 4.68 Å². The van der Waals surface area contributed by atoms with Crippen LogP contribution in [0.1, 0.15) is 32.6 Å². The Hall–Kier alpha value is -0.840. The third kappa shape index (κ3) is 4.06. The van der Waals surface area contributed by atoms with E-state index in [-0.39, 0.29) is 5.56 Å². The summed E-state index contributed by atoms with van der Waals surface area (Å²) < 4.78 is 1.57. The van der Waals surface area contributed by atoms with Crippen molar-refractivity contribution in [3.63, 3.8) is 0 Å². The van der Waals surface area contributed by atoms with Gasteiger partial charge in [0.2, 0.25) is 0 Å². The molecule has 0 aliphatic carbocycles. The molecule has 4 nitrogen and oxygen atoms in total. The molecule has 0 spiro atoms. The van der Waals surface area contributed by atoms with Crippen molar-refractivity contribution in [3.8, 4) is 0 Å². The average Bonchev–Trinajstić information content (AvgIpc) is 2.41. The van der Waals surface area contributed by atoms with Gasteiger partial charge in [0.05, 0.1) is 11.9 Å². The zero-order valence-corrected chi connectivity index (χ0v) is 13.1. The molecule has 1 atom stereocenters. The summed E-state index contributed by atoms with van der Waals surface area (Å²) in [4.78, 5) is 14.3. The Morgan fingerprint density at radius 1 is 1.47 bits per heavy atom. The number of nitrogens with zero attached hydrogens (tertiary/aromatic N) is 3. The number of alkyl halides is 1. The third-order valence-electron chi connectivity index (χ3n) is 3.63. The Morgan fingerprint density at radius 2 is 2.32 bits per heavy atom. The van der Waals surface area contributed by atoms with Gasteiger partial charge in [0.15, 0.2) is 0 Å². The highest BCUT2D eigenvalue weighted by molar-refractivity contribution is 9.09. The topological polar surface area (TPSA) is 38.1 Å². The van der Waals surface area contributed by atoms with E-state index in [0.717, 1.165) is 36.9 Å². The Bertz CT molecular complexity index is 460. The summed E-state index contributed by atoms with van der Waals surface area (Å²) in [5.74, 6) is 0.704. The zero-order valence-electron chi connectivity index (χ0n) is 11.5. The molecule has 0 saturated carbocycles. The lowest BCUT2D eigenvalue weighted by molar-refractivity contribution is 0.445. The molecule has 1 aromatic rings. The highest BCUT2D eigenvalue weighted by Crippen LogP contribution is 2.20. The van der Waals surface area contributed by atoms with Gasteiger partial charge >= 0.3 is 0 Å². The Kier molecular flexibility index (Phi) is 5.43. The zero-order chi connectivity index (χ0) is 13.7. The van der Waals surface area contributed by atoms with Crippen LogP contribution in [0.15, 0.2) is 17.1 Å². The maximum absolute atomic E-state index is 12.0. The van der Waals surface area contributed by atoms with Gasteiger partial charge < -0.3 is 4.90 Å². The van der Waals surface area contributed by atoms with Gasteiger partial charge in [-0.05, 0) is 31.6 Å². The highest BCUT2D eigenvalue weighted by Gasteiger charge is 2.17. The molecule has 1 saturated heterocycles. The van der Waals surface area contributed by atoms with Gasteiger partial charge in [-0.1, -0.05) is 22.9 Å². The molecule has 1 unspecified atom stereocenters. The molecular formula is C14H22BrN3O. The first-order valence-electron chi connectivity index (χ1n) is 7.09. The second-order valence-corrected chi connectivity index (χ2v) is 6.16. The fourth-order valence-corrected chi connectivity index (χ4v) is 2.94. The van der Waals surface area contributed by atoms with Crippen molar-refractivity contribution in [1.82, 2.24) is 9.78 Å². The molecule has 0 bridgehead atoms. The molecule has 0 amide bonds. The van der Waals surface area contributed by atoms with Crippen LogP contribution in [0, 0.1) is 5.92 Å². The fraction of sp³-hybridized carbons (Fsp3) is 0.714. The maximum atomic E-state index is 12.0. The molecule has 0 aromatic carbocycles. The number of halogens is 1. The number of hydrogen-bond donors (Lipinski definition) is 0. The lowest BCUT2D eigenvalue weighted by atomic mass is 10.00. The van der Waals surface area contributed by atoms with E-state index in [4.69, 9.17) is 0 Å². The number of rotatable bonds is 5. The first kappa shape index (κ1) is 14.6. The summed E-state index contributed by atoms with van der Waals surface area (Å²) >= 11 is 3.40. The fourth-order valence-electron chi connectivity index (χ4n) is 2.54. The molecule has 0 radical (unpaired) electrons. The SMILES string of the molecule is CC1CCCN(c2cnn(CCCCBr)c(=O)c2)C1. The molecule has 1 aliphatic heterocycles. The van der Waals surface area contributed by atoms with E-state index in [0.29, 0.717) is 12.5 Å². The van der Waals surface area contributed by atoms with Gasteiger partial charge in [-0.3, -0.25) is 4.79 Å². The predicted molar refractivity (Wildman–Crippen MR) is 82.1 cm³/mol. The van der Waals surface area contributed by atoms with Gasteiger partial charge in [-0.2, -0.15) is 5.10 Å². The second-order valence-electron chi connectivity index (χ2n) is 5.36. The first-order chi connectivity index (χ1) is 9.20. The van der Waals surface area contributed by atoms with Crippen LogP contribution < -0.4 is 10.5 Å². The van der Waals surface area contributed by atoms with Crippen LogP contribution in [0.2, 0.25) is 0 Å². The lowest BCUT2D eigenvalue weighted by Crippen LogP contribution is -2.35. The van der Waals surface area contributed by atoms with Crippen molar-refractivity contribution in [2.24, 2.45) is 5.92 Å². The van der Waals surface area contributed by atoms with Crippen LogP contribution in [0.25, 0.3) is 0 Å². The molecule has 1 fully saturated rings. The molecule has 19 heavy (non-hydrogen) atoms. The van der Waals surface area contributed by atoms with Crippen LogP contribution in [0.3, 0.4) is 0 Å². The molecule has 106 valence electrons. The standard InChI is InChI=1S/C14H22BrN3O/c1-12-5-4-7-17(11-12)13-9-14(19)18(16-10-13)8-3-2-6-15/h9-10,12H,2-8,11H2,1H3. The summed E-state index contributed by atoms with van der Waals surface area (Å²) in [5.41, 5.74) is 0.999. The molecule has 5 heteroatoms. The van der Waals surface area contributed by atoms with Crippen molar-refractivity contribution in [1.29, 1.82) is 0 Å². The highest BCUT2D eigenvalue weighted by atomic mass is 79.9. The maximum Gasteiger partial charge on any atom is 0.268 e. The van der Waals surface area contributed by atoms with Crippen molar-refractivity contribution in [2.75, 3.05) is 23.3 Å². The lowest BCUT2D eigenvalue weighted by Gasteiger charge is -2.32. The van der Waals surface area contributed by atoms with E-state index in [1.807, 2.05) is 6.20 Å². The summed E-state index contributed by atoms with van der Waals surface area (Å²) in [6.45, 7) is 5.05. The van der Waals surface area contributed by atoms with E-state index in [2.05, 4.69) is 32.9 Å². The van der Waals surface area contributed by atoms with Crippen LogP contribution in [0.5, 0.6) is 0 Å². The minimum Gasteiger partial charge on any atom is -0.370 e. The monoisotopic (exact) mass is 327 g/mol. The molecule has 0 N–H and O–H groups in total. The summed E-state index contributed by atoms with van der Waals surface area (Å²) in [6, 6.07) is 1.74. The Morgan fingerprint density at radius 3 is 3.00 bits per heavy atom. The number of aromatic nitrogens is 2. The minimum atomic E-state index is 0.0188. The number of anilines is 1. The number of piperidine rings is 1. The minimum absolute atomic E-state index is 0.0188. The van der Waals surface area contributed by atoms with Crippen molar-refractivity contribution in [3.05, 3.63) is 22.6 Å². The quantitative estimate of drug-likeness (QED) is 0.616. The van der Waals surface area contributed by atoms with Crippen LogP contribution >= 0.6 is 15.9 Å². The average molecular weight is 328 g/mol. The smallest absolute Gasteiger partial charge is 0.268 e. The van der Waals surface area contributed by atoms with E-state index < -0.39 is 0 Å². The van der Waals surface area contributed by atoms with E-state index >= 15 is 0 Å². The molecule has 1 aromatic heterocycles. The third-order valence-corrected chi connectivity index (χ3v) is 4.19. The number of aryl methyl sites for hydroxylation is 1. The Labute approximate surface area is 122 Å². The molecule has 2 rings (SSSR count). The van der Waals surface area contributed by atoms with E-state index in [1.54, 1.807) is 10.7 Å². The summed E-state index contributed by atoms with van der Waals surface area (Å²) in [7, 11) is 0. The predicted octanol–water partition coefficient (Wildman–Crippen LogP) is 2.65. The van der Waals surface area contributed by atoms with Crippen LogP contribution in [-0.4, -0.2) is 28.2 Å². The number of unbranched alkanes of at least 4 members (excludes halogenated alkanes) is 1. The van der Waals surface area contributed by atoms with E-state index in [1.165, 1.54) is 12.8 Å². The summed E-state index contributed by atoms with van der Waals surface area (Å²) in [6.07, 6.45) is 6.38. The Balaban J connectivity index is 2.03. The summed E-state index contributed by atoms with van der Waals surface area (Å²) in [5, 5.41) is 5.28. The van der Waals surface area contributed by atoms with Gasteiger partial charge in [0.1, 0.15) is 0 Å². The van der Waals surface area contributed by atoms with Gasteiger partial charge in [-0.15, -0.1) is 0 Å². The van der Waals surface area contributed by atoms with Crippen LogP contribution in [0.4, 0.5) is 5.69 Å². The van der Waals surface area contributed by atoms with Gasteiger partial charge in [0, 0.05) is 31.0 Å². The van der Waals surface area contributed by atoms with Crippen molar-refractivity contribution < 1.29 is 0 Å². The normalized spacial score (nSPS) is 19.7. The second kappa shape index (κ2) is 7.08. The van der Waals surface area contributed by atoms with Crippen molar-refractivity contribution >= 4 is 21.6 Å². The largest absolute Gasteiger partial charge is 0.370 e. The first-order valence-corrected chi connectivity index (χ1v) is 8.21. The van der Waals surface area contributed by atoms with Gasteiger partial charge in [0.25, 0.3) is 5.56 Å². The van der Waals surface area contributed by atoms with Crippen molar-refractivity contribution in [2.45, 2.75) is 39.2 Å². The molecular weight excluding hydrogens is 306 g/mol. The molecule has 2 heterocycles. The van der Waals surface area contributed by atoms with Crippen LogP contribution in [-0.2, 0) is 6.54 Å². The number of hydrogen-bond acceptors (Lipinski definition) is 3. The van der Waals surface area contributed by atoms with E-state index in [9.17, 15) is 4.79 Å². The molecule has 1 aliphatic rings.